The van der Waals surface area contributed by atoms with E-state index in [1.165, 1.54) is 0 Å². The molecule has 31 heavy (non-hydrogen) atoms. The highest BCUT2D eigenvalue weighted by Crippen LogP contribution is 2.35. The number of aliphatic hydroxyl groups is 3. The maximum Gasteiger partial charge on any atom is 0.307 e. The van der Waals surface area contributed by atoms with Gasteiger partial charge in [0.25, 0.3) is 0 Å². The van der Waals surface area contributed by atoms with E-state index in [2.05, 4.69) is 0 Å². The molecule has 1 aliphatic rings. The van der Waals surface area contributed by atoms with Crippen molar-refractivity contribution in [2.45, 2.75) is 57.4 Å². The van der Waals surface area contributed by atoms with Gasteiger partial charge in [0.2, 0.25) is 6.29 Å². The Kier molecular flexibility index (Phi) is 7.91. The molecule has 1 aliphatic heterocycles. The molecule has 0 saturated carbocycles. The molecule has 7 nitrogen and oxygen atoms in total. The Labute approximate surface area is 186 Å². The summed E-state index contributed by atoms with van der Waals surface area (Å²) in [5.41, 5.74) is 2.35. The van der Waals surface area contributed by atoms with Crippen LogP contribution in [0, 0.1) is 0 Å². The van der Waals surface area contributed by atoms with Crippen LogP contribution in [0.15, 0.2) is 42.5 Å². The number of halogens is 1. The third-order valence-corrected chi connectivity index (χ3v) is 5.50. The summed E-state index contributed by atoms with van der Waals surface area (Å²) in [5.74, 6) is 0.198. The topological polar surface area (TPSA) is 105 Å². The zero-order valence-corrected chi connectivity index (χ0v) is 18.2. The van der Waals surface area contributed by atoms with Gasteiger partial charge in [-0.25, -0.2) is 0 Å². The molecule has 1 saturated heterocycles. The molecule has 0 bridgehead atoms. The molecule has 0 aromatic heterocycles. The van der Waals surface area contributed by atoms with E-state index in [-0.39, 0.29) is 6.42 Å². The highest BCUT2D eigenvalue weighted by molar-refractivity contribution is 6.31. The van der Waals surface area contributed by atoms with Crippen LogP contribution >= 0.6 is 11.6 Å². The van der Waals surface area contributed by atoms with E-state index in [4.69, 9.17) is 25.8 Å². The number of benzene rings is 2. The second kappa shape index (κ2) is 10.4. The summed E-state index contributed by atoms with van der Waals surface area (Å²) in [6.45, 7) is 4.11. The van der Waals surface area contributed by atoms with Gasteiger partial charge in [-0.3, -0.25) is 4.79 Å². The minimum atomic E-state index is -1.56. The Morgan fingerprint density at radius 3 is 2.39 bits per heavy atom. The van der Waals surface area contributed by atoms with Crippen molar-refractivity contribution in [1.29, 1.82) is 0 Å². The second-order valence-electron chi connectivity index (χ2n) is 7.34. The van der Waals surface area contributed by atoms with Crippen LogP contribution in [0.2, 0.25) is 5.02 Å². The minimum Gasteiger partial charge on any atom is -0.494 e. The number of esters is 1. The lowest BCUT2D eigenvalue weighted by atomic mass is 9.92. The Bertz CT molecular complexity index is 886. The minimum absolute atomic E-state index is 0.0864. The summed E-state index contributed by atoms with van der Waals surface area (Å²) < 4.78 is 16.2. The van der Waals surface area contributed by atoms with E-state index in [0.29, 0.717) is 23.6 Å². The average Bonchev–Trinajstić information content (AvgIpc) is 2.77. The summed E-state index contributed by atoms with van der Waals surface area (Å²) in [6.07, 6.45) is -6.29. The molecule has 0 spiro atoms. The molecule has 8 heteroatoms. The Balaban J connectivity index is 1.82. The van der Waals surface area contributed by atoms with Gasteiger partial charge in [0.05, 0.1) is 6.61 Å². The lowest BCUT2D eigenvalue weighted by Crippen LogP contribution is -2.55. The number of aliphatic hydroxyl groups excluding tert-OH is 3. The summed E-state index contributed by atoms with van der Waals surface area (Å²) in [5, 5.41) is 31.4. The molecule has 0 radical (unpaired) electrons. The number of hydrogen-bond acceptors (Lipinski definition) is 7. The molecule has 1 heterocycles. The normalized spacial score (nSPS) is 25.8. The number of rotatable bonds is 7. The van der Waals surface area contributed by atoms with Crippen LogP contribution in [0.3, 0.4) is 0 Å². The molecule has 5 atom stereocenters. The first kappa shape index (κ1) is 23.5. The van der Waals surface area contributed by atoms with Gasteiger partial charge in [-0.05, 0) is 48.2 Å². The quantitative estimate of drug-likeness (QED) is 0.557. The van der Waals surface area contributed by atoms with E-state index < -0.39 is 36.7 Å². The maximum absolute atomic E-state index is 11.6. The first-order valence-electron chi connectivity index (χ1n) is 10.2. The molecular weight excluding hydrogens is 424 g/mol. The van der Waals surface area contributed by atoms with Crippen molar-refractivity contribution in [3.05, 3.63) is 64.2 Å². The number of carbonyl (C=O) groups is 1. The smallest absolute Gasteiger partial charge is 0.307 e. The molecule has 0 unspecified atom stereocenters. The van der Waals surface area contributed by atoms with Crippen molar-refractivity contribution in [3.8, 4) is 5.75 Å². The maximum atomic E-state index is 11.6. The standard InChI is InChI=1S/C23H27ClO7/c1-3-18(25)30-23-21(28)19(26)20(27)22(31-23)14-7-10-17(24)15(12-14)11-13-5-8-16(9-6-13)29-4-2/h5-10,12,19-23,26-28H,3-4,11H2,1-2H3/t19-,20-,21+,22+,23+/m1/s1. The average molecular weight is 451 g/mol. The highest BCUT2D eigenvalue weighted by atomic mass is 35.5. The summed E-state index contributed by atoms with van der Waals surface area (Å²) in [7, 11) is 0. The van der Waals surface area contributed by atoms with Crippen LogP contribution in [0.1, 0.15) is 43.1 Å². The molecule has 3 N–H and O–H groups in total. The second-order valence-corrected chi connectivity index (χ2v) is 7.75. The lowest BCUT2D eigenvalue weighted by molar-refractivity contribution is -0.290. The monoisotopic (exact) mass is 450 g/mol. The zero-order valence-electron chi connectivity index (χ0n) is 17.4. The zero-order chi connectivity index (χ0) is 22.5. The van der Waals surface area contributed by atoms with Crippen LogP contribution in [-0.4, -0.2) is 52.5 Å². The van der Waals surface area contributed by atoms with E-state index in [0.717, 1.165) is 16.9 Å². The summed E-state index contributed by atoms with van der Waals surface area (Å²) in [6, 6.07) is 12.8. The SMILES string of the molecule is CCOc1ccc(Cc2cc([C@@H]3O[C@H](OC(=O)CC)[C@@H](O)[C@H](O)[C@H]3O)ccc2Cl)cc1. The van der Waals surface area contributed by atoms with Gasteiger partial charge < -0.3 is 29.5 Å². The largest absolute Gasteiger partial charge is 0.494 e. The van der Waals surface area contributed by atoms with E-state index in [9.17, 15) is 20.1 Å². The van der Waals surface area contributed by atoms with Gasteiger partial charge >= 0.3 is 5.97 Å². The van der Waals surface area contributed by atoms with Gasteiger partial charge in [-0.2, -0.15) is 0 Å². The van der Waals surface area contributed by atoms with Crippen molar-refractivity contribution in [3.63, 3.8) is 0 Å². The van der Waals surface area contributed by atoms with Gasteiger partial charge in [0.1, 0.15) is 30.2 Å². The number of hydrogen-bond donors (Lipinski definition) is 3. The van der Waals surface area contributed by atoms with Crippen molar-refractivity contribution >= 4 is 17.6 Å². The van der Waals surface area contributed by atoms with E-state index >= 15 is 0 Å². The molecule has 168 valence electrons. The van der Waals surface area contributed by atoms with E-state index in [1.54, 1.807) is 25.1 Å². The summed E-state index contributed by atoms with van der Waals surface area (Å²) >= 11 is 6.38. The van der Waals surface area contributed by atoms with Gasteiger partial charge in [0, 0.05) is 11.4 Å². The van der Waals surface area contributed by atoms with E-state index in [1.807, 2.05) is 31.2 Å². The number of carbonyl (C=O) groups excluding carboxylic acids is 1. The van der Waals surface area contributed by atoms with Crippen molar-refractivity contribution in [2.24, 2.45) is 0 Å². The van der Waals surface area contributed by atoms with Crippen molar-refractivity contribution in [2.75, 3.05) is 6.61 Å². The van der Waals surface area contributed by atoms with Gasteiger partial charge in [-0.1, -0.05) is 42.8 Å². The molecular formula is C23H27ClO7. The molecule has 1 fully saturated rings. The van der Waals surface area contributed by atoms with Crippen LogP contribution in [0.5, 0.6) is 5.75 Å². The van der Waals surface area contributed by atoms with Crippen LogP contribution in [0.4, 0.5) is 0 Å². The predicted molar refractivity (Wildman–Crippen MR) is 114 cm³/mol. The van der Waals surface area contributed by atoms with Gasteiger partial charge in [0.15, 0.2) is 0 Å². The van der Waals surface area contributed by atoms with Crippen molar-refractivity contribution in [1.82, 2.24) is 0 Å². The highest BCUT2D eigenvalue weighted by Gasteiger charge is 2.46. The fourth-order valence-electron chi connectivity index (χ4n) is 3.43. The van der Waals surface area contributed by atoms with Crippen LogP contribution < -0.4 is 4.74 Å². The van der Waals surface area contributed by atoms with Gasteiger partial charge in [-0.15, -0.1) is 0 Å². The first-order valence-corrected chi connectivity index (χ1v) is 10.6. The molecule has 0 amide bonds. The third kappa shape index (κ3) is 5.56. The first-order chi connectivity index (χ1) is 14.8. The predicted octanol–water partition coefficient (Wildman–Crippen LogP) is 2.76. The fourth-order valence-corrected chi connectivity index (χ4v) is 3.62. The fraction of sp³-hybridized carbons (Fsp3) is 0.435. The lowest BCUT2D eigenvalue weighted by Gasteiger charge is -2.40. The number of ether oxygens (including phenoxy) is 3. The Hall–Kier alpha value is -2.16. The van der Waals surface area contributed by atoms with Crippen LogP contribution in [0.25, 0.3) is 0 Å². The molecule has 3 rings (SSSR count). The Morgan fingerprint density at radius 2 is 1.74 bits per heavy atom. The summed E-state index contributed by atoms with van der Waals surface area (Å²) in [4.78, 5) is 11.6. The molecule has 2 aromatic rings. The molecule has 2 aromatic carbocycles. The van der Waals surface area contributed by atoms with Crippen LogP contribution in [-0.2, 0) is 20.7 Å². The third-order valence-electron chi connectivity index (χ3n) is 5.13. The Morgan fingerprint density at radius 1 is 1.03 bits per heavy atom. The van der Waals surface area contributed by atoms with Crippen molar-refractivity contribution < 1.29 is 34.3 Å². The molecule has 0 aliphatic carbocycles.